The molecule has 0 radical (unpaired) electrons. The van der Waals surface area contributed by atoms with Gasteiger partial charge in [-0.3, -0.25) is 4.79 Å². The number of nitrogens with zero attached hydrogens (tertiary/aromatic N) is 1. The summed E-state index contributed by atoms with van der Waals surface area (Å²) in [5.74, 6) is 1.15. The second kappa shape index (κ2) is 5.69. The first kappa shape index (κ1) is 17.2. The average Bonchev–Trinajstić information content (AvgIpc) is 3.02. The number of anilines is 1. The van der Waals surface area contributed by atoms with E-state index < -0.39 is 11.5 Å². The number of amides is 1. The smallest absolute Gasteiger partial charge is 0.252 e. The van der Waals surface area contributed by atoms with Gasteiger partial charge in [-0.15, -0.1) is 0 Å². The zero-order chi connectivity index (χ0) is 19.9. The number of primary amides is 1. The molecule has 4 fully saturated rings. The normalized spacial score (nSPS) is 32.9. The molecule has 6 nitrogen and oxygen atoms in total. The number of nitrogens with two attached hydrogens (primary N) is 1. The Morgan fingerprint density at radius 3 is 2.72 bits per heavy atom. The van der Waals surface area contributed by atoms with Crippen molar-refractivity contribution in [2.45, 2.75) is 43.7 Å². The van der Waals surface area contributed by atoms with E-state index >= 15 is 0 Å². The quantitative estimate of drug-likeness (QED) is 0.547. The van der Waals surface area contributed by atoms with Gasteiger partial charge in [-0.1, -0.05) is 0 Å². The third kappa shape index (κ3) is 2.50. The van der Waals surface area contributed by atoms with E-state index in [1.807, 2.05) is 0 Å². The Balaban J connectivity index is 1.48. The van der Waals surface area contributed by atoms with Crippen molar-refractivity contribution < 1.29 is 14.3 Å². The van der Waals surface area contributed by atoms with E-state index in [-0.39, 0.29) is 11.9 Å². The summed E-state index contributed by atoms with van der Waals surface area (Å²) in [4.78, 5) is 19.7. The number of rotatable bonds is 3. The van der Waals surface area contributed by atoms with E-state index in [2.05, 4.69) is 15.3 Å². The molecule has 4 aliphatic rings. The number of hydrogen-bond donors (Lipinski definition) is 4. The highest BCUT2D eigenvalue weighted by atomic mass is 19.1. The molecule has 4 bridgehead atoms. The van der Waals surface area contributed by atoms with E-state index in [1.165, 1.54) is 18.3 Å². The summed E-state index contributed by atoms with van der Waals surface area (Å²) < 4.78 is 14.0. The number of H-pyrrole nitrogens is 1. The number of aliphatic hydroxyl groups is 1. The molecular formula is C22H23FN4O2. The molecule has 0 spiro atoms. The lowest BCUT2D eigenvalue weighted by Crippen LogP contribution is -2.59. The van der Waals surface area contributed by atoms with Crippen LogP contribution in [0.2, 0.25) is 0 Å². The topological polar surface area (TPSA) is 104 Å². The molecule has 4 saturated carbocycles. The number of pyridine rings is 1. The minimum atomic E-state index is -0.571. The van der Waals surface area contributed by atoms with Crippen molar-refractivity contribution in [2.75, 3.05) is 5.32 Å². The first-order chi connectivity index (χ1) is 13.9. The molecule has 1 aromatic carbocycles. The number of carbonyl (C=O) groups excluding carboxylic acids is 1. The molecule has 5 atom stereocenters. The van der Waals surface area contributed by atoms with E-state index in [0.29, 0.717) is 45.4 Å². The van der Waals surface area contributed by atoms with Gasteiger partial charge in [0.05, 0.1) is 22.1 Å². The van der Waals surface area contributed by atoms with Crippen molar-refractivity contribution in [3.8, 4) is 0 Å². The summed E-state index contributed by atoms with van der Waals surface area (Å²) in [6.07, 6.45) is 6.32. The van der Waals surface area contributed by atoms with Crippen molar-refractivity contribution in [3.05, 3.63) is 35.8 Å². The molecule has 0 aliphatic heterocycles. The zero-order valence-electron chi connectivity index (χ0n) is 15.9. The van der Waals surface area contributed by atoms with Gasteiger partial charge in [0, 0.05) is 23.1 Å². The van der Waals surface area contributed by atoms with Gasteiger partial charge in [0.25, 0.3) is 5.91 Å². The number of fused-ring (bicyclic) bond motifs is 3. The van der Waals surface area contributed by atoms with Crippen molar-refractivity contribution in [1.82, 2.24) is 9.97 Å². The number of aromatic nitrogens is 2. The first-order valence-corrected chi connectivity index (χ1v) is 10.3. The van der Waals surface area contributed by atoms with E-state index in [4.69, 9.17) is 5.73 Å². The molecule has 2 aromatic heterocycles. The van der Waals surface area contributed by atoms with E-state index in [1.54, 1.807) is 6.07 Å². The van der Waals surface area contributed by atoms with Crippen molar-refractivity contribution in [3.63, 3.8) is 0 Å². The standard InChI is InChI=1S/C22H23FN4O2/c23-13-1-2-16-14(5-13)17-19(26-16)15(20(24)28)9-25-21(17)27-18-11-3-10-4-12(18)8-22(29,6-10)7-11/h1-2,5,9-12,18,26,29H,3-4,6-8H2,(H2,24,28)(H,25,27)/t10-,11-,12?,18?,22?/m0/s1. The molecular weight excluding hydrogens is 371 g/mol. The lowest BCUT2D eigenvalue weighted by Gasteiger charge is -2.58. The van der Waals surface area contributed by atoms with Gasteiger partial charge in [-0.2, -0.15) is 0 Å². The Labute approximate surface area is 166 Å². The lowest BCUT2D eigenvalue weighted by molar-refractivity contribution is -0.129. The zero-order valence-corrected chi connectivity index (χ0v) is 15.9. The van der Waals surface area contributed by atoms with Crippen LogP contribution in [0.15, 0.2) is 24.4 Å². The Morgan fingerprint density at radius 2 is 2.03 bits per heavy atom. The molecule has 2 heterocycles. The third-order valence-corrected chi connectivity index (χ3v) is 7.40. The average molecular weight is 394 g/mol. The third-order valence-electron chi connectivity index (χ3n) is 7.40. The highest BCUT2D eigenvalue weighted by Gasteiger charge is 2.54. The Kier molecular flexibility index (Phi) is 3.38. The predicted molar refractivity (Wildman–Crippen MR) is 108 cm³/mol. The molecule has 5 N–H and O–H groups in total. The SMILES string of the molecule is NC(=O)c1cnc(NC2C3C[C@@H]4C[C@H]2CC(O)(C3)C4)c2c1[nH]c1ccc(F)cc12. The molecule has 29 heavy (non-hydrogen) atoms. The maximum Gasteiger partial charge on any atom is 0.252 e. The molecule has 1 amide bonds. The van der Waals surface area contributed by atoms with Crippen LogP contribution >= 0.6 is 0 Å². The second-order valence-electron chi connectivity index (χ2n) is 9.31. The first-order valence-electron chi connectivity index (χ1n) is 10.3. The van der Waals surface area contributed by atoms with Crippen LogP contribution in [0, 0.1) is 23.6 Å². The molecule has 0 saturated heterocycles. The number of aromatic amines is 1. The Hall–Kier alpha value is -2.67. The highest BCUT2D eigenvalue weighted by molar-refractivity contribution is 6.18. The van der Waals surface area contributed by atoms with E-state index in [9.17, 15) is 14.3 Å². The number of nitrogens with one attached hydrogen (secondary N) is 2. The fraction of sp³-hybridized carbons (Fsp3) is 0.455. The van der Waals surface area contributed by atoms with Gasteiger partial charge >= 0.3 is 0 Å². The second-order valence-corrected chi connectivity index (χ2v) is 9.31. The molecule has 4 aliphatic carbocycles. The van der Waals surface area contributed by atoms with Crippen molar-refractivity contribution in [1.29, 1.82) is 0 Å². The summed E-state index contributed by atoms with van der Waals surface area (Å²) in [6, 6.07) is 4.74. The van der Waals surface area contributed by atoms with Crippen LogP contribution < -0.4 is 11.1 Å². The highest BCUT2D eigenvalue weighted by Crippen LogP contribution is 2.56. The molecule has 3 unspecified atom stereocenters. The summed E-state index contributed by atoms with van der Waals surface area (Å²) >= 11 is 0. The van der Waals surface area contributed by atoms with Crippen LogP contribution in [-0.2, 0) is 0 Å². The van der Waals surface area contributed by atoms with Gasteiger partial charge in [0.1, 0.15) is 11.6 Å². The summed E-state index contributed by atoms with van der Waals surface area (Å²) in [7, 11) is 0. The minimum Gasteiger partial charge on any atom is -0.390 e. The number of hydrogen-bond acceptors (Lipinski definition) is 4. The maximum absolute atomic E-state index is 14.0. The van der Waals surface area contributed by atoms with Crippen molar-refractivity contribution >= 4 is 33.5 Å². The van der Waals surface area contributed by atoms with Crippen LogP contribution in [0.5, 0.6) is 0 Å². The number of benzene rings is 1. The molecule has 7 heteroatoms. The van der Waals surface area contributed by atoms with Gasteiger partial charge in [-0.05, 0) is 68.1 Å². The summed E-state index contributed by atoms with van der Waals surface area (Å²) in [6.45, 7) is 0. The van der Waals surface area contributed by atoms with Gasteiger partial charge in [0.15, 0.2) is 0 Å². The van der Waals surface area contributed by atoms with Crippen LogP contribution in [-0.4, -0.2) is 32.6 Å². The van der Waals surface area contributed by atoms with Gasteiger partial charge < -0.3 is 21.1 Å². The van der Waals surface area contributed by atoms with Crippen LogP contribution in [0.1, 0.15) is 42.5 Å². The summed E-state index contributed by atoms with van der Waals surface area (Å²) in [5.41, 5.74) is 6.66. The maximum atomic E-state index is 14.0. The van der Waals surface area contributed by atoms with Crippen LogP contribution in [0.25, 0.3) is 21.8 Å². The Morgan fingerprint density at radius 1 is 1.28 bits per heavy atom. The van der Waals surface area contributed by atoms with Crippen molar-refractivity contribution in [2.24, 2.45) is 23.5 Å². The van der Waals surface area contributed by atoms with Crippen LogP contribution in [0.4, 0.5) is 10.2 Å². The largest absolute Gasteiger partial charge is 0.390 e. The van der Waals surface area contributed by atoms with E-state index in [0.717, 1.165) is 37.6 Å². The minimum absolute atomic E-state index is 0.223. The molecule has 3 aromatic rings. The Bertz CT molecular complexity index is 1160. The lowest BCUT2D eigenvalue weighted by atomic mass is 9.52. The van der Waals surface area contributed by atoms with Gasteiger partial charge in [-0.25, -0.2) is 9.37 Å². The monoisotopic (exact) mass is 394 g/mol. The number of carbonyl (C=O) groups is 1. The fourth-order valence-electron chi connectivity index (χ4n) is 6.54. The fourth-order valence-corrected chi connectivity index (χ4v) is 6.54. The van der Waals surface area contributed by atoms with Gasteiger partial charge in [0.2, 0.25) is 0 Å². The van der Waals surface area contributed by atoms with Crippen LogP contribution in [0.3, 0.4) is 0 Å². The molecule has 7 rings (SSSR count). The summed E-state index contributed by atoms with van der Waals surface area (Å²) in [5, 5.41) is 15.9. The number of halogens is 1. The predicted octanol–water partition coefficient (Wildman–Crippen LogP) is 3.31. The molecule has 150 valence electrons.